The van der Waals surface area contributed by atoms with Crippen LogP contribution >= 0.6 is 0 Å². The molecule has 118 valence electrons. The number of rotatable bonds is 3. The summed E-state index contributed by atoms with van der Waals surface area (Å²) in [5, 5.41) is 2.94. The quantitative estimate of drug-likeness (QED) is 0.631. The van der Waals surface area contributed by atoms with E-state index in [9.17, 15) is 9.18 Å². The summed E-state index contributed by atoms with van der Waals surface area (Å²) < 4.78 is 14.3. The SMILES string of the molecule is O=c1cc(-c2ccccc2)nc2nc(Cc3ccc(F)cc3)[nH]n12. The molecule has 2 heterocycles. The maximum Gasteiger partial charge on any atom is 0.274 e. The Balaban J connectivity index is 1.74. The highest BCUT2D eigenvalue weighted by atomic mass is 19.1. The fourth-order valence-electron chi connectivity index (χ4n) is 2.56. The summed E-state index contributed by atoms with van der Waals surface area (Å²) in [6.07, 6.45) is 0.462. The van der Waals surface area contributed by atoms with Crippen LogP contribution in [0.2, 0.25) is 0 Å². The average molecular weight is 320 g/mol. The smallest absolute Gasteiger partial charge is 0.274 e. The molecule has 4 aromatic rings. The van der Waals surface area contributed by atoms with E-state index in [-0.39, 0.29) is 11.4 Å². The number of aromatic amines is 1. The van der Waals surface area contributed by atoms with Crippen molar-refractivity contribution >= 4 is 5.78 Å². The standard InChI is InChI=1S/C18H13FN4O/c19-14-8-6-12(7-9-14)10-16-21-18-20-15(11-17(24)23(18)22-16)13-4-2-1-3-5-13/h1-9,11H,10H2,(H,20,21,22). The Labute approximate surface area is 136 Å². The zero-order valence-corrected chi connectivity index (χ0v) is 12.6. The van der Waals surface area contributed by atoms with E-state index in [0.717, 1.165) is 11.1 Å². The van der Waals surface area contributed by atoms with Gasteiger partial charge in [0.2, 0.25) is 0 Å². The van der Waals surface area contributed by atoms with Crippen molar-refractivity contribution in [2.75, 3.05) is 0 Å². The predicted octanol–water partition coefficient (Wildman–Crippen LogP) is 2.81. The van der Waals surface area contributed by atoms with Crippen molar-refractivity contribution in [3.05, 3.63) is 88.2 Å². The third kappa shape index (κ3) is 2.69. The van der Waals surface area contributed by atoms with Gasteiger partial charge in [0.1, 0.15) is 11.6 Å². The molecule has 0 radical (unpaired) electrons. The normalized spacial score (nSPS) is 11.0. The van der Waals surface area contributed by atoms with E-state index in [1.807, 2.05) is 30.3 Å². The van der Waals surface area contributed by atoms with Crippen LogP contribution in [0.3, 0.4) is 0 Å². The highest BCUT2D eigenvalue weighted by molar-refractivity contribution is 5.60. The monoisotopic (exact) mass is 320 g/mol. The first kappa shape index (κ1) is 14.3. The third-order valence-electron chi connectivity index (χ3n) is 3.73. The van der Waals surface area contributed by atoms with Gasteiger partial charge >= 0.3 is 0 Å². The topological polar surface area (TPSA) is 63.0 Å². The van der Waals surface area contributed by atoms with Crippen molar-refractivity contribution in [1.29, 1.82) is 0 Å². The predicted molar refractivity (Wildman–Crippen MR) is 88.2 cm³/mol. The second kappa shape index (κ2) is 5.73. The summed E-state index contributed by atoms with van der Waals surface area (Å²) in [5.74, 6) is 0.628. The van der Waals surface area contributed by atoms with Gasteiger partial charge in [-0.1, -0.05) is 42.5 Å². The molecule has 2 aromatic heterocycles. The molecule has 0 saturated carbocycles. The molecule has 6 heteroatoms. The number of hydrogen-bond donors (Lipinski definition) is 1. The molecule has 24 heavy (non-hydrogen) atoms. The van der Waals surface area contributed by atoms with Gasteiger partial charge in [-0.2, -0.15) is 9.50 Å². The fourth-order valence-corrected chi connectivity index (χ4v) is 2.56. The lowest BCUT2D eigenvalue weighted by atomic mass is 10.1. The molecule has 0 spiro atoms. The van der Waals surface area contributed by atoms with Crippen molar-refractivity contribution in [1.82, 2.24) is 19.6 Å². The van der Waals surface area contributed by atoms with E-state index in [2.05, 4.69) is 15.1 Å². The van der Waals surface area contributed by atoms with Gasteiger partial charge in [-0.3, -0.25) is 9.89 Å². The molecule has 0 fully saturated rings. The van der Waals surface area contributed by atoms with Crippen LogP contribution in [0.1, 0.15) is 11.4 Å². The van der Waals surface area contributed by atoms with Gasteiger partial charge in [0.15, 0.2) is 0 Å². The Hall–Kier alpha value is -3.28. The number of fused-ring (bicyclic) bond motifs is 1. The molecule has 4 rings (SSSR count). The van der Waals surface area contributed by atoms with Crippen LogP contribution in [0.4, 0.5) is 4.39 Å². The molecule has 0 aliphatic carbocycles. The molecule has 2 aromatic carbocycles. The summed E-state index contributed by atoms with van der Waals surface area (Å²) in [4.78, 5) is 21.1. The Bertz CT molecular complexity index is 1050. The van der Waals surface area contributed by atoms with Crippen LogP contribution in [0.15, 0.2) is 65.5 Å². The van der Waals surface area contributed by atoms with E-state index in [0.29, 0.717) is 23.7 Å². The van der Waals surface area contributed by atoms with Crippen LogP contribution in [-0.4, -0.2) is 19.6 Å². The molecule has 0 aliphatic rings. The molecule has 0 bridgehead atoms. The number of hydrogen-bond acceptors (Lipinski definition) is 3. The minimum atomic E-state index is -0.284. The van der Waals surface area contributed by atoms with Crippen LogP contribution in [-0.2, 0) is 6.42 Å². The van der Waals surface area contributed by atoms with Gasteiger partial charge in [-0.25, -0.2) is 9.37 Å². The summed E-state index contributed by atoms with van der Waals surface area (Å²) in [6, 6.07) is 17.1. The first-order valence-corrected chi connectivity index (χ1v) is 7.47. The third-order valence-corrected chi connectivity index (χ3v) is 3.73. The number of H-pyrrole nitrogens is 1. The molecule has 0 unspecified atom stereocenters. The molecule has 0 amide bonds. The number of nitrogens with one attached hydrogen (secondary N) is 1. The highest BCUT2D eigenvalue weighted by Gasteiger charge is 2.09. The van der Waals surface area contributed by atoms with Crippen molar-refractivity contribution in [3.63, 3.8) is 0 Å². The van der Waals surface area contributed by atoms with Gasteiger partial charge in [-0.05, 0) is 17.7 Å². The summed E-state index contributed by atoms with van der Waals surface area (Å²) in [7, 11) is 0. The largest absolute Gasteiger partial charge is 0.275 e. The lowest BCUT2D eigenvalue weighted by Crippen LogP contribution is -2.14. The van der Waals surface area contributed by atoms with Crippen molar-refractivity contribution < 1.29 is 4.39 Å². The number of halogens is 1. The van der Waals surface area contributed by atoms with Crippen LogP contribution in [0.5, 0.6) is 0 Å². The Morgan fingerprint density at radius 1 is 1.00 bits per heavy atom. The van der Waals surface area contributed by atoms with E-state index in [1.165, 1.54) is 22.7 Å². The fraction of sp³-hybridized carbons (Fsp3) is 0.0556. The molecule has 5 nitrogen and oxygen atoms in total. The second-order valence-corrected chi connectivity index (χ2v) is 5.45. The Morgan fingerprint density at radius 2 is 1.75 bits per heavy atom. The van der Waals surface area contributed by atoms with Crippen molar-refractivity contribution in [3.8, 4) is 11.3 Å². The molecular formula is C18H13FN4O. The summed E-state index contributed by atoms with van der Waals surface area (Å²) in [5.41, 5.74) is 2.11. The van der Waals surface area contributed by atoms with Gasteiger partial charge in [0, 0.05) is 18.1 Å². The molecular weight excluding hydrogens is 307 g/mol. The van der Waals surface area contributed by atoms with E-state index < -0.39 is 0 Å². The van der Waals surface area contributed by atoms with Gasteiger partial charge in [0.25, 0.3) is 11.3 Å². The van der Waals surface area contributed by atoms with Crippen LogP contribution in [0.25, 0.3) is 17.0 Å². The first-order valence-electron chi connectivity index (χ1n) is 7.47. The minimum Gasteiger partial charge on any atom is -0.275 e. The van der Waals surface area contributed by atoms with Gasteiger partial charge in [-0.15, -0.1) is 0 Å². The first-order chi connectivity index (χ1) is 11.7. The van der Waals surface area contributed by atoms with Gasteiger partial charge in [0.05, 0.1) is 5.69 Å². The highest BCUT2D eigenvalue weighted by Crippen LogP contribution is 2.15. The zero-order chi connectivity index (χ0) is 16.5. The van der Waals surface area contributed by atoms with Crippen molar-refractivity contribution in [2.24, 2.45) is 0 Å². The number of benzene rings is 2. The van der Waals surface area contributed by atoms with E-state index in [4.69, 9.17) is 0 Å². The molecule has 0 atom stereocenters. The molecule has 1 N–H and O–H groups in total. The Morgan fingerprint density at radius 3 is 2.50 bits per heavy atom. The second-order valence-electron chi connectivity index (χ2n) is 5.45. The van der Waals surface area contributed by atoms with Crippen molar-refractivity contribution in [2.45, 2.75) is 6.42 Å². The van der Waals surface area contributed by atoms with Crippen LogP contribution in [0, 0.1) is 5.82 Å². The maximum absolute atomic E-state index is 13.0. The Kier molecular flexibility index (Phi) is 3.42. The molecule has 0 saturated heterocycles. The summed E-state index contributed by atoms with van der Waals surface area (Å²) in [6.45, 7) is 0. The molecule has 0 aliphatic heterocycles. The lowest BCUT2D eigenvalue weighted by Gasteiger charge is -1.99. The maximum atomic E-state index is 13.0. The van der Waals surface area contributed by atoms with Gasteiger partial charge < -0.3 is 0 Å². The van der Waals surface area contributed by atoms with Crippen LogP contribution < -0.4 is 5.56 Å². The number of aromatic nitrogens is 4. The number of nitrogens with zero attached hydrogens (tertiary/aromatic N) is 3. The van der Waals surface area contributed by atoms with E-state index >= 15 is 0 Å². The minimum absolute atomic E-state index is 0.225. The lowest BCUT2D eigenvalue weighted by molar-refractivity contribution is 0.627. The van der Waals surface area contributed by atoms with E-state index in [1.54, 1.807) is 12.1 Å². The zero-order valence-electron chi connectivity index (χ0n) is 12.6. The average Bonchev–Trinajstić information content (AvgIpc) is 3.01. The summed E-state index contributed by atoms with van der Waals surface area (Å²) >= 11 is 0.